The zero-order chi connectivity index (χ0) is 48.2. The number of ether oxygens (including phenoxy) is 5. The van der Waals surface area contributed by atoms with Crippen molar-refractivity contribution in [3.05, 3.63) is 38.0 Å². The van der Waals surface area contributed by atoms with Gasteiger partial charge in [0.1, 0.15) is 84.4 Å². The molecule has 3 saturated heterocycles. The van der Waals surface area contributed by atoms with Gasteiger partial charge in [0.05, 0.1) is 38.3 Å². The smallest absolute Gasteiger partial charge is 0.472 e. The molecule has 0 spiro atoms. The monoisotopic (exact) mass is 995 g/mol. The Bertz CT molecular complexity index is 2910. The van der Waals surface area contributed by atoms with Crippen molar-refractivity contribution in [2.75, 3.05) is 44.6 Å². The van der Waals surface area contributed by atoms with Gasteiger partial charge in [-0.15, -0.1) is 0 Å². The number of aliphatic carboxylic acids is 1. The van der Waals surface area contributed by atoms with Crippen molar-refractivity contribution in [1.29, 1.82) is 0 Å². The number of phosphoric acid groups is 2. The predicted molar refractivity (Wildman–Crippen MR) is 223 cm³/mol. The molecule has 11 N–H and O–H groups in total. The number of aliphatic hydroxyl groups is 2. The Kier molecular flexibility index (Phi) is 13.1. The number of hydrogen-bond donors (Lipinski definition) is 8. The number of methoxy groups -OCH3 is 2. The van der Waals surface area contributed by atoms with E-state index < -0.39 is 108 Å². The molecule has 9 rings (SSSR count). The highest BCUT2D eigenvalue weighted by Gasteiger charge is 2.54. The molecule has 366 valence electrons. The van der Waals surface area contributed by atoms with E-state index in [9.17, 15) is 39.0 Å². The first-order valence-corrected chi connectivity index (χ1v) is 23.2. The molecular formula is C34H43N15O17P2. The van der Waals surface area contributed by atoms with Crippen molar-refractivity contribution in [2.45, 2.75) is 86.5 Å². The first-order valence-electron chi connectivity index (χ1n) is 20.2. The molecule has 3 fully saturated rings. The summed E-state index contributed by atoms with van der Waals surface area (Å²) in [6, 6.07) is 0. The summed E-state index contributed by atoms with van der Waals surface area (Å²) in [5.41, 5.74) is 18.8. The van der Waals surface area contributed by atoms with E-state index in [1.807, 2.05) is 0 Å². The minimum absolute atomic E-state index is 0.0227. The van der Waals surface area contributed by atoms with Gasteiger partial charge in [-0.2, -0.15) is 0 Å². The van der Waals surface area contributed by atoms with Gasteiger partial charge >= 0.3 is 21.6 Å². The second-order valence-corrected chi connectivity index (χ2v) is 18.2. The number of anilines is 3. The first kappa shape index (κ1) is 47.5. The van der Waals surface area contributed by atoms with E-state index in [1.54, 1.807) is 0 Å². The summed E-state index contributed by atoms with van der Waals surface area (Å²) in [4.78, 5) is 70.9. The topological polar surface area (TPSA) is 444 Å². The molecule has 14 unspecified atom stereocenters. The molecule has 3 aliphatic rings. The molecule has 68 heavy (non-hydrogen) atoms. The van der Waals surface area contributed by atoms with E-state index in [0.29, 0.717) is 0 Å². The molecule has 0 aromatic carbocycles. The molecule has 3 aliphatic heterocycles. The summed E-state index contributed by atoms with van der Waals surface area (Å²) in [5, 5.41) is 31.2. The quantitative estimate of drug-likeness (QED) is 0.0457. The summed E-state index contributed by atoms with van der Waals surface area (Å²) < 4.78 is 83.5. The summed E-state index contributed by atoms with van der Waals surface area (Å²) in [5.74, 6) is -1.08. The largest absolute Gasteiger partial charge is 0.481 e. The number of rotatable bonds is 18. The fraction of sp³-hybridized carbons (Fsp3) is 0.529. The molecule has 9 heterocycles. The van der Waals surface area contributed by atoms with Gasteiger partial charge in [0.2, 0.25) is 0 Å². The minimum atomic E-state index is -5.24. The second-order valence-electron chi connectivity index (χ2n) is 15.4. The number of fused-ring (bicyclic) bond motifs is 3. The molecule has 34 heteroatoms. The zero-order valence-corrected chi connectivity index (χ0v) is 37.1. The summed E-state index contributed by atoms with van der Waals surface area (Å²) in [7, 11) is -8.00. The SMILES string of the molecule is COC1C(CCC(=O)O)OC(n2cnc3c(N)ncnc32)C1OP(=O)(O)OCC1OC(n2cnc3c(N)ncnc32)C(OP(=O)(O)OCC2OC(n3cnc4c(N)ncnc43)C(O)C2O)C1OC. The fourth-order valence-electron chi connectivity index (χ4n) is 8.26. The predicted octanol–water partition coefficient (Wildman–Crippen LogP) is -1.43. The lowest BCUT2D eigenvalue weighted by molar-refractivity contribution is -0.138. The third-order valence-electron chi connectivity index (χ3n) is 11.4. The number of hydrogen-bond acceptors (Lipinski definition) is 26. The van der Waals surface area contributed by atoms with Gasteiger partial charge in [0.25, 0.3) is 0 Å². The molecular weight excluding hydrogens is 952 g/mol. The van der Waals surface area contributed by atoms with Crippen LogP contribution in [0.25, 0.3) is 33.5 Å². The van der Waals surface area contributed by atoms with Gasteiger partial charge in [0.15, 0.2) is 53.1 Å². The number of aliphatic hydroxyl groups excluding tert-OH is 2. The number of nitrogen functional groups attached to an aromatic ring is 3. The molecule has 32 nitrogen and oxygen atoms in total. The standard InChI is InChI=1S/C34H43N15O17P2/c1-58-22-13(3-4-16(50)51)62-33(48-11-45-18-27(36)39-8-42-30(18)48)24(22)65-68(56,57)61-6-15-23(59-2)25(34(64-15)49-12-46-19-28(37)40-9-43-31(19)49)66-67(54,55)60-5-14-20(52)21(53)32(63-14)47-10-44-17-26(35)38-7-41-29(17)47/h7-15,20-25,32-34,52-53H,3-6H2,1-2H3,(H,50,51)(H,54,55)(H,56,57)(H2,35,38,41)(H2,36,39,42)(H2,37,40,43). The number of carboxylic acid groups (broad SMARTS) is 1. The van der Waals surface area contributed by atoms with Crippen LogP contribution in [-0.4, -0.2) is 172 Å². The average Bonchev–Trinajstić information content (AvgIpc) is 4.16. The number of aromatic nitrogens is 12. The zero-order valence-electron chi connectivity index (χ0n) is 35.3. The van der Waals surface area contributed by atoms with Crippen molar-refractivity contribution in [3.63, 3.8) is 0 Å². The maximum absolute atomic E-state index is 14.0. The fourth-order valence-corrected chi connectivity index (χ4v) is 10.1. The average molecular weight is 996 g/mol. The minimum Gasteiger partial charge on any atom is -0.481 e. The van der Waals surface area contributed by atoms with Crippen molar-refractivity contribution < 1.29 is 80.8 Å². The van der Waals surface area contributed by atoms with Crippen LogP contribution in [0.2, 0.25) is 0 Å². The Labute approximate surface area is 380 Å². The van der Waals surface area contributed by atoms with Crippen molar-refractivity contribution >= 4 is 72.6 Å². The van der Waals surface area contributed by atoms with Crippen molar-refractivity contribution in [2.24, 2.45) is 0 Å². The van der Waals surface area contributed by atoms with Crippen LogP contribution in [0.5, 0.6) is 0 Å². The number of nitrogens with two attached hydrogens (primary N) is 3. The number of carboxylic acids is 1. The van der Waals surface area contributed by atoms with Crippen LogP contribution in [-0.2, 0) is 55.7 Å². The number of nitrogens with zero attached hydrogens (tertiary/aromatic N) is 12. The highest BCUT2D eigenvalue weighted by Crippen LogP contribution is 2.53. The lowest BCUT2D eigenvalue weighted by atomic mass is 10.1. The third kappa shape index (κ3) is 8.96. The summed E-state index contributed by atoms with van der Waals surface area (Å²) in [6.07, 6.45) is -9.97. The van der Waals surface area contributed by atoms with E-state index in [-0.39, 0.29) is 63.8 Å². The maximum Gasteiger partial charge on any atom is 0.472 e. The van der Waals surface area contributed by atoms with Gasteiger partial charge in [-0.05, 0) is 6.42 Å². The Morgan fingerprint density at radius 2 is 1.00 bits per heavy atom. The van der Waals surface area contributed by atoms with Gasteiger partial charge < -0.3 is 66.0 Å². The van der Waals surface area contributed by atoms with E-state index in [1.165, 1.54) is 53.2 Å². The lowest BCUT2D eigenvalue weighted by Gasteiger charge is -2.27. The van der Waals surface area contributed by atoms with Gasteiger partial charge in [-0.1, -0.05) is 0 Å². The lowest BCUT2D eigenvalue weighted by Crippen LogP contribution is -2.38. The van der Waals surface area contributed by atoms with Gasteiger partial charge in [-0.3, -0.25) is 36.6 Å². The Balaban J connectivity index is 0.938. The molecule has 0 amide bonds. The molecule has 0 radical (unpaired) electrons. The van der Waals surface area contributed by atoms with Gasteiger partial charge in [-0.25, -0.2) is 54.0 Å². The van der Waals surface area contributed by atoms with E-state index >= 15 is 0 Å². The molecule has 14 atom stereocenters. The van der Waals surface area contributed by atoms with Gasteiger partial charge in [0, 0.05) is 20.6 Å². The highest BCUT2D eigenvalue weighted by molar-refractivity contribution is 7.47. The highest BCUT2D eigenvalue weighted by atomic mass is 31.2. The number of phosphoric ester groups is 2. The van der Waals surface area contributed by atoms with Crippen LogP contribution < -0.4 is 17.2 Å². The Hall–Kier alpha value is -5.54. The van der Waals surface area contributed by atoms with Crippen LogP contribution in [0.3, 0.4) is 0 Å². The molecule has 0 aliphatic carbocycles. The van der Waals surface area contributed by atoms with Crippen LogP contribution >= 0.6 is 15.6 Å². The van der Waals surface area contributed by atoms with E-state index in [2.05, 4.69) is 44.9 Å². The Morgan fingerprint density at radius 3 is 1.44 bits per heavy atom. The first-order chi connectivity index (χ1) is 32.5. The van der Waals surface area contributed by atoms with E-state index in [4.69, 9.17) is 59.0 Å². The van der Waals surface area contributed by atoms with Crippen LogP contribution in [0.15, 0.2) is 38.0 Å². The number of imidazole rings is 3. The third-order valence-corrected chi connectivity index (χ3v) is 13.4. The molecule has 6 aromatic heterocycles. The van der Waals surface area contributed by atoms with Crippen LogP contribution in [0.4, 0.5) is 17.5 Å². The van der Waals surface area contributed by atoms with Crippen molar-refractivity contribution in [1.82, 2.24) is 58.6 Å². The van der Waals surface area contributed by atoms with E-state index in [0.717, 1.165) is 12.7 Å². The molecule has 0 saturated carbocycles. The number of carbonyl (C=O) groups is 1. The summed E-state index contributed by atoms with van der Waals surface area (Å²) >= 11 is 0. The summed E-state index contributed by atoms with van der Waals surface area (Å²) in [6.45, 7) is -1.61. The Morgan fingerprint density at radius 1 is 0.603 bits per heavy atom. The molecule has 6 aromatic rings. The van der Waals surface area contributed by atoms with Crippen molar-refractivity contribution in [3.8, 4) is 0 Å². The maximum atomic E-state index is 14.0. The van der Waals surface area contributed by atoms with Crippen LogP contribution in [0, 0.1) is 0 Å². The normalized spacial score (nSPS) is 30.4. The molecule has 0 bridgehead atoms. The second kappa shape index (κ2) is 18.8. The van der Waals surface area contributed by atoms with Crippen LogP contribution in [0.1, 0.15) is 31.5 Å².